The van der Waals surface area contributed by atoms with Crippen molar-refractivity contribution in [1.29, 1.82) is 0 Å². The summed E-state index contributed by atoms with van der Waals surface area (Å²) in [7, 11) is 0. The maximum absolute atomic E-state index is 10.2. The monoisotopic (exact) mass is 194 g/mol. The summed E-state index contributed by atoms with van der Waals surface area (Å²) in [6.07, 6.45) is 0. The minimum Gasteiger partial charge on any atom is -0.545 e. The molecule has 0 aliphatic carbocycles. The maximum atomic E-state index is 10.2. The summed E-state index contributed by atoms with van der Waals surface area (Å²) in [5.74, 6) is -1.18. The maximum Gasteiger partial charge on any atom is 1.00 e. The Morgan fingerprint density at radius 3 is 2.09 bits per heavy atom. The van der Waals surface area contributed by atoms with Gasteiger partial charge in [-0.25, -0.2) is 0 Å². The Morgan fingerprint density at radius 1 is 1.27 bits per heavy atom. The molecule has 1 aromatic rings. The number of carboxylic acids is 1. The molecule has 0 saturated heterocycles. The fourth-order valence-electron chi connectivity index (χ4n) is 0.586. The normalized spacial score (nSPS) is 8.45. The van der Waals surface area contributed by atoms with Crippen molar-refractivity contribution in [3.63, 3.8) is 0 Å². The zero-order valence-electron chi connectivity index (χ0n) is 6.00. The zero-order valence-corrected chi connectivity index (χ0v) is 9.88. The number of rotatable bonds is 1. The Morgan fingerprint density at radius 2 is 1.73 bits per heavy atom. The van der Waals surface area contributed by atoms with E-state index in [1.807, 2.05) is 0 Å². The van der Waals surface area contributed by atoms with E-state index in [0.717, 1.165) is 0 Å². The SMILES string of the molecule is O=C([O-])c1ccc(Cl)cc1.[K+]. The zero-order chi connectivity index (χ0) is 7.56. The van der Waals surface area contributed by atoms with Gasteiger partial charge in [0.2, 0.25) is 0 Å². The van der Waals surface area contributed by atoms with Crippen LogP contribution in [0.25, 0.3) is 0 Å². The van der Waals surface area contributed by atoms with Crippen LogP contribution in [0.2, 0.25) is 5.02 Å². The first-order valence-corrected chi connectivity index (χ1v) is 3.05. The molecular weight excluding hydrogens is 191 g/mol. The number of carbonyl (C=O) groups is 1. The van der Waals surface area contributed by atoms with E-state index in [-0.39, 0.29) is 56.9 Å². The van der Waals surface area contributed by atoms with Crippen molar-refractivity contribution in [3.05, 3.63) is 34.9 Å². The molecule has 0 aliphatic rings. The quantitative estimate of drug-likeness (QED) is 0.473. The van der Waals surface area contributed by atoms with E-state index in [9.17, 15) is 9.90 Å². The molecule has 4 heteroatoms. The van der Waals surface area contributed by atoms with E-state index in [2.05, 4.69) is 0 Å². The van der Waals surface area contributed by atoms with Crippen LogP contribution in [0, 0.1) is 0 Å². The van der Waals surface area contributed by atoms with Crippen molar-refractivity contribution in [1.82, 2.24) is 0 Å². The van der Waals surface area contributed by atoms with Gasteiger partial charge in [0.1, 0.15) is 0 Å². The first kappa shape index (κ1) is 11.6. The third-order valence-corrected chi connectivity index (χ3v) is 1.33. The number of aromatic carboxylic acids is 1. The number of hydrogen-bond donors (Lipinski definition) is 0. The van der Waals surface area contributed by atoms with E-state index < -0.39 is 5.97 Å². The Kier molecular flexibility index (Phi) is 5.59. The third-order valence-electron chi connectivity index (χ3n) is 1.08. The fourth-order valence-corrected chi connectivity index (χ4v) is 0.712. The summed E-state index contributed by atoms with van der Waals surface area (Å²) in [4.78, 5) is 10.2. The van der Waals surface area contributed by atoms with Gasteiger partial charge in [-0.3, -0.25) is 0 Å². The number of carboxylic acid groups (broad SMARTS) is 1. The molecule has 0 saturated carbocycles. The average Bonchev–Trinajstić information content (AvgIpc) is 1.88. The van der Waals surface area contributed by atoms with E-state index >= 15 is 0 Å². The molecule has 2 nitrogen and oxygen atoms in total. The largest absolute Gasteiger partial charge is 1.00 e. The van der Waals surface area contributed by atoms with Gasteiger partial charge in [-0.15, -0.1) is 0 Å². The molecule has 0 unspecified atom stereocenters. The molecule has 0 amide bonds. The summed E-state index contributed by atoms with van der Waals surface area (Å²) in [5, 5.41) is 10.7. The molecule has 0 bridgehead atoms. The molecule has 11 heavy (non-hydrogen) atoms. The Balaban J connectivity index is 0.000001000. The van der Waals surface area contributed by atoms with Crippen LogP contribution in [0.4, 0.5) is 0 Å². The van der Waals surface area contributed by atoms with Gasteiger partial charge in [0.05, 0.1) is 5.97 Å². The van der Waals surface area contributed by atoms with Crippen LogP contribution >= 0.6 is 11.6 Å². The van der Waals surface area contributed by atoms with Crippen LogP contribution in [0.3, 0.4) is 0 Å². The van der Waals surface area contributed by atoms with Gasteiger partial charge in [-0.1, -0.05) is 23.7 Å². The van der Waals surface area contributed by atoms with E-state index in [4.69, 9.17) is 11.6 Å². The van der Waals surface area contributed by atoms with Crippen LogP contribution in [0.1, 0.15) is 10.4 Å². The molecule has 0 fully saturated rings. The van der Waals surface area contributed by atoms with Crippen LogP contribution in [-0.4, -0.2) is 5.97 Å². The third kappa shape index (κ3) is 3.69. The topological polar surface area (TPSA) is 40.1 Å². The number of carbonyl (C=O) groups excluding carboxylic acids is 1. The number of hydrogen-bond acceptors (Lipinski definition) is 2. The molecule has 1 rings (SSSR count). The molecule has 0 spiro atoms. The van der Waals surface area contributed by atoms with Crippen LogP contribution < -0.4 is 56.5 Å². The first-order valence-electron chi connectivity index (χ1n) is 2.67. The van der Waals surface area contributed by atoms with Gasteiger partial charge < -0.3 is 9.90 Å². The van der Waals surface area contributed by atoms with Crippen LogP contribution in [0.5, 0.6) is 0 Å². The number of halogens is 1. The standard InChI is InChI=1S/C7H5ClO2.K/c8-6-3-1-5(2-4-6)7(9)10;/h1-4H,(H,9,10);/q;+1/p-1. The summed E-state index contributed by atoms with van der Waals surface area (Å²) in [6.45, 7) is 0. The Hall–Kier alpha value is 0.616. The van der Waals surface area contributed by atoms with Gasteiger partial charge in [0.15, 0.2) is 0 Å². The molecule has 0 radical (unpaired) electrons. The first-order chi connectivity index (χ1) is 4.70. The summed E-state index contributed by atoms with van der Waals surface area (Å²) < 4.78 is 0. The van der Waals surface area contributed by atoms with Crippen molar-refractivity contribution in [2.24, 2.45) is 0 Å². The predicted octanol–water partition coefficient (Wildman–Crippen LogP) is -2.29. The van der Waals surface area contributed by atoms with Crippen molar-refractivity contribution in [2.45, 2.75) is 0 Å². The second-order valence-corrected chi connectivity index (χ2v) is 2.23. The summed E-state index contributed by atoms with van der Waals surface area (Å²) >= 11 is 5.50. The molecule has 0 heterocycles. The Labute approximate surface area is 112 Å². The van der Waals surface area contributed by atoms with Gasteiger partial charge in [0.25, 0.3) is 0 Å². The molecule has 0 aromatic heterocycles. The predicted molar refractivity (Wildman–Crippen MR) is 35.8 cm³/mol. The molecular formula is C7H4ClKO2. The molecule has 0 atom stereocenters. The molecule has 0 N–H and O–H groups in total. The average molecular weight is 195 g/mol. The summed E-state index contributed by atoms with van der Waals surface area (Å²) in [6, 6.07) is 5.81. The second kappa shape index (κ2) is 5.30. The smallest absolute Gasteiger partial charge is 0.545 e. The molecule has 52 valence electrons. The minimum absolute atomic E-state index is 0. The minimum atomic E-state index is -1.18. The van der Waals surface area contributed by atoms with Gasteiger partial charge >= 0.3 is 51.4 Å². The van der Waals surface area contributed by atoms with Crippen molar-refractivity contribution in [3.8, 4) is 0 Å². The van der Waals surface area contributed by atoms with Crippen molar-refractivity contribution in [2.75, 3.05) is 0 Å². The van der Waals surface area contributed by atoms with E-state index in [0.29, 0.717) is 5.02 Å². The molecule has 1 aromatic carbocycles. The Bertz CT molecular complexity index is 245. The van der Waals surface area contributed by atoms with Crippen molar-refractivity contribution >= 4 is 17.6 Å². The van der Waals surface area contributed by atoms with Gasteiger partial charge in [-0.2, -0.15) is 0 Å². The number of benzene rings is 1. The molecule has 0 aliphatic heterocycles. The van der Waals surface area contributed by atoms with E-state index in [1.165, 1.54) is 24.3 Å². The van der Waals surface area contributed by atoms with Gasteiger partial charge in [0, 0.05) is 5.02 Å². The summed E-state index contributed by atoms with van der Waals surface area (Å²) in [5.41, 5.74) is 0.143. The fraction of sp³-hybridized carbons (Fsp3) is 0. The van der Waals surface area contributed by atoms with E-state index in [1.54, 1.807) is 0 Å². The second-order valence-electron chi connectivity index (χ2n) is 1.79. The van der Waals surface area contributed by atoms with Crippen LogP contribution in [-0.2, 0) is 0 Å². The van der Waals surface area contributed by atoms with Gasteiger partial charge in [-0.05, 0) is 17.7 Å². The van der Waals surface area contributed by atoms with Crippen molar-refractivity contribution < 1.29 is 61.3 Å². The van der Waals surface area contributed by atoms with Crippen LogP contribution in [0.15, 0.2) is 24.3 Å².